The molecule has 0 radical (unpaired) electrons. The van der Waals surface area contributed by atoms with Gasteiger partial charge in [-0.1, -0.05) is 6.08 Å². The maximum absolute atomic E-state index is 3.81. The predicted molar refractivity (Wildman–Crippen MR) is 64.1 cm³/mol. The summed E-state index contributed by atoms with van der Waals surface area (Å²) in [7, 11) is 0. The van der Waals surface area contributed by atoms with E-state index in [1.54, 1.807) is 0 Å². The molecule has 2 rings (SSSR count). The van der Waals surface area contributed by atoms with Crippen molar-refractivity contribution in [1.29, 1.82) is 0 Å². The van der Waals surface area contributed by atoms with Crippen LogP contribution in [0.1, 0.15) is 12.8 Å². The molecule has 0 bridgehead atoms. The third-order valence-corrected chi connectivity index (χ3v) is 3.53. The topological polar surface area (TPSA) is 18.5 Å². The molecule has 3 heteroatoms. The van der Waals surface area contributed by atoms with Crippen LogP contribution in [0, 0.1) is 0 Å². The predicted octanol–water partition coefficient (Wildman–Crippen LogP) is 0.542. The molecule has 1 atom stereocenters. The van der Waals surface area contributed by atoms with E-state index >= 15 is 0 Å². The Bertz CT molecular complexity index is 197. The van der Waals surface area contributed by atoms with E-state index in [9.17, 15) is 0 Å². The molecule has 0 aromatic heterocycles. The molecular weight excluding hydrogens is 186 g/mol. The Labute approximate surface area is 93.1 Å². The van der Waals surface area contributed by atoms with E-state index in [0.717, 1.165) is 19.1 Å². The molecule has 2 saturated heterocycles. The lowest BCUT2D eigenvalue weighted by Crippen LogP contribution is -2.39. The van der Waals surface area contributed by atoms with Crippen molar-refractivity contribution in [1.82, 2.24) is 15.1 Å². The molecule has 2 aliphatic rings. The van der Waals surface area contributed by atoms with E-state index in [0.29, 0.717) is 0 Å². The first-order chi connectivity index (χ1) is 7.40. The van der Waals surface area contributed by atoms with Crippen molar-refractivity contribution in [2.75, 3.05) is 45.8 Å². The van der Waals surface area contributed by atoms with Crippen molar-refractivity contribution >= 4 is 0 Å². The molecule has 2 heterocycles. The summed E-state index contributed by atoms with van der Waals surface area (Å²) in [6, 6.07) is 0.796. The summed E-state index contributed by atoms with van der Waals surface area (Å²) in [6.07, 6.45) is 4.66. The highest BCUT2D eigenvalue weighted by molar-refractivity contribution is 4.87. The van der Waals surface area contributed by atoms with Crippen molar-refractivity contribution in [3.05, 3.63) is 12.7 Å². The largest absolute Gasteiger partial charge is 0.315 e. The number of nitrogens with zero attached hydrogens (tertiary/aromatic N) is 2. The zero-order valence-corrected chi connectivity index (χ0v) is 9.62. The highest BCUT2D eigenvalue weighted by atomic mass is 15.3. The average Bonchev–Trinajstić information content (AvgIpc) is 2.53. The second-order valence-electron chi connectivity index (χ2n) is 4.63. The van der Waals surface area contributed by atoms with E-state index in [1.807, 2.05) is 6.08 Å². The van der Waals surface area contributed by atoms with Crippen molar-refractivity contribution in [3.63, 3.8) is 0 Å². The molecule has 0 aromatic rings. The van der Waals surface area contributed by atoms with E-state index in [-0.39, 0.29) is 0 Å². The molecular formula is C12H23N3. The van der Waals surface area contributed by atoms with Crippen LogP contribution in [0.25, 0.3) is 0 Å². The maximum atomic E-state index is 3.81. The van der Waals surface area contributed by atoms with E-state index in [4.69, 9.17) is 0 Å². The molecule has 2 fully saturated rings. The van der Waals surface area contributed by atoms with Crippen molar-refractivity contribution in [2.45, 2.75) is 18.9 Å². The Morgan fingerprint density at radius 3 is 3.07 bits per heavy atom. The van der Waals surface area contributed by atoms with Crippen LogP contribution in [0.5, 0.6) is 0 Å². The fraction of sp³-hybridized carbons (Fsp3) is 0.833. The monoisotopic (exact) mass is 209 g/mol. The van der Waals surface area contributed by atoms with Crippen LogP contribution in [0.2, 0.25) is 0 Å². The number of hydrogen-bond donors (Lipinski definition) is 1. The normalized spacial score (nSPS) is 30.3. The molecule has 0 aromatic carbocycles. The van der Waals surface area contributed by atoms with Gasteiger partial charge in [0.1, 0.15) is 0 Å². The second-order valence-corrected chi connectivity index (χ2v) is 4.63. The smallest absolute Gasteiger partial charge is 0.0236 e. The van der Waals surface area contributed by atoms with Gasteiger partial charge in [-0.3, -0.25) is 9.80 Å². The third-order valence-electron chi connectivity index (χ3n) is 3.53. The summed E-state index contributed by atoms with van der Waals surface area (Å²) in [5, 5.41) is 3.47. The van der Waals surface area contributed by atoms with Gasteiger partial charge in [-0.25, -0.2) is 0 Å². The lowest BCUT2D eigenvalue weighted by molar-refractivity contribution is 0.207. The van der Waals surface area contributed by atoms with E-state index in [2.05, 4.69) is 21.7 Å². The van der Waals surface area contributed by atoms with Gasteiger partial charge in [0.2, 0.25) is 0 Å². The number of rotatable bonds is 3. The van der Waals surface area contributed by atoms with Gasteiger partial charge in [0.25, 0.3) is 0 Å². The minimum Gasteiger partial charge on any atom is -0.315 e. The SMILES string of the molecule is C=CCN1CCC(N2CCCNCC2)C1. The molecule has 0 aliphatic carbocycles. The van der Waals surface area contributed by atoms with Gasteiger partial charge in [-0.05, 0) is 25.9 Å². The second kappa shape index (κ2) is 5.64. The van der Waals surface area contributed by atoms with Gasteiger partial charge in [0.15, 0.2) is 0 Å². The first-order valence-corrected chi connectivity index (χ1v) is 6.18. The van der Waals surface area contributed by atoms with Gasteiger partial charge >= 0.3 is 0 Å². The summed E-state index contributed by atoms with van der Waals surface area (Å²) in [5.41, 5.74) is 0. The molecule has 1 N–H and O–H groups in total. The van der Waals surface area contributed by atoms with E-state index < -0.39 is 0 Å². The lowest BCUT2D eigenvalue weighted by atomic mass is 10.2. The molecule has 86 valence electrons. The van der Waals surface area contributed by atoms with Crippen LogP contribution in [-0.2, 0) is 0 Å². The minimum atomic E-state index is 0.796. The molecule has 3 nitrogen and oxygen atoms in total. The Morgan fingerprint density at radius 2 is 2.20 bits per heavy atom. The molecule has 0 spiro atoms. The summed E-state index contributed by atoms with van der Waals surface area (Å²) >= 11 is 0. The fourth-order valence-electron chi connectivity index (χ4n) is 2.69. The fourth-order valence-corrected chi connectivity index (χ4v) is 2.69. The van der Waals surface area contributed by atoms with Gasteiger partial charge in [-0.2, -0.15) is 0 Å². The van der Waals surface area contributed by atoms with Crippen molar-refractivity contribution in [3.8, 4) is 0 Å². The zero-order chi connectivity index (χ0) is 10.5. The summed E-state index contributed by atoms with van der Waals surface area (Å²) in [4.78, 5) is 5.18. The van der Waals surface area contributed by atoms with Crippen LogP contribution in [0.4, 0.5) is 0 Å². The van der Waals surface area contributed by atoms with Crippen molar-refractivity contribution < 1.29 is 0 Å². The highest BCUT2D eigenvalue weighted by Gasteiger charge is 2.26. The number of likely N-dealkylation sites (tertiary alicyclic amines) is 1. The van der Waals surface area contributed by atoms with Gasteiger partial charge in [0.05, 0.1) is 0 Å². The van der Waals surface area contributed by atoms with Crippen LogP contribution < -0.4 is 5.32 Å². The van der Waals surface area contributed by atoms with E-state index in [1.165, 1.54) is 45.6 Å². The molecule has 0 amide bonds. The minimum absolute atomic E-state index is 0.796. The summed E-state index contributed by atoms with van der Waals surface area (Å²) in [5.74, 6) is 0. The molecule has 0 saturated carbocycles. The van der Waals surface area contributed by atoms with Crippen molar-refractivity contribution in [2.24, 2.45) is 0 Å². The average molecular weight is 209 g/mol. The molecule has 1 unspecified atom stereocenters. The Balaban J connectivity index is 1.80. The first kappa shape index (κ1) is 11.1. The van der Waals surface area contributed by atoms with Gasteiger partial charge in [-0.15, -0.1) is 6.58 Å². The highest BCUT2D eigenvalue weighted by Crippen LogP contribution is 2.16. The third kappa shape index (κ3) is 3.03. The Kier molecular flexibility index (Phi) is 4.18. The van der Waals surface area contributed by atoms with Crippen LogP contribution in [-0.4, -0.2) is 61.7 Å². The van der Waals surface area contributed by atoms with Crippen LogP contribution >= 0.6 is 0 Å². The van der Waals surface area contributed by atoms with Gasteiger partial charge < -0.3 is 5.32 Å². The summed E-state index contributed by atoms with van der Waals surface area (Å²) < 4.78 is 0. The number of nitrogens with one attached hydrogen (secondary N) is 1. The number of hydrogen-bond acceptors (Lipinski definition) is 3. The maximum Gasteiger partial charge on any atom is 0.0236 e. The Hall–Kier alpha value is -0.380. The zero-order valence-electron chi connectivity index (χ0n) is 9.62. The quantitative estimate of drug-likeness (QED) is 0.685. The van der Waals surface area contributed by atoms with Crippen LogP contribution in [0.3, 0.4) is 0 Å². The summed E-state index contributed by atoms with van der Waals surface area (Å²) in [6.45, 7) is 12.2. The Morgan fingerprint density at radius 1 is 1.27 bits per heavy atom. The standard InChI is InChI=1S/C12H23N3/c1-2-7-14-9-4-12(11-14)15-8-3-5-13-6-10-15/h2,12-13H,1,3-11H2. The van der Waals surface area contributed by atoms with Gasteiger partial charge in [0, 0.05) is 38.8 Å². The molecule has 2 aliphatic heterocycles. The first-order valence-electron chi connectivity index (χ1n) is 6.18. The lowest BCUT2D eigenvalue weighted by Gasteiger charge is -2.27. The van der Waals surface area contributed by atoms with Crippen LogP contribution in [0.15, 0.2) is 12.7 Å². The molecule has 15 heavy (non-hydrogen) atoms.